The van der Waals surface area contributed by atoms with E-state index in [9.17, 15) is 0 Å². The van der Waals surface area contributed by atoms with Crippen molar-refractivity contribution in [2.75, 3.05) is 17.3 Å². The first kappa shape index (κ1) is 18.1. The van der Waals surface area contributed by atoms with Gasteiger partial charge in [0, 0.05) is 18.4 Å². The topological polar surface area (TPSA) is 74.1 Å². The highest BCUT2D eigenvalue weighted by atomic mass is 16.5. The molecule has 2 heterocycles. The summed E-state index contributed by atoms with van der Waals surface area (Å²) in [4.78, 5) is 11.4. The van der Waals surface area contributed by atoms with Gasteiger partial charge < -0.3 is 10.1 Å². The quantitative estimate of drug-likeness (QED) is 0.502. The molecule has 0 atom stereocenters. The maximum Gasteiger partial charge on any atom is 0.238 e. The Balaban J connectivity index is 1.63. The number of para-hydroxylation sites is 2. The third kappa shape index (κ3) is 3.12. The lowest BCUT2D eigenvalue weighted by Crippen LogP contribution is -2.23. The van der Waals surface area contributed by atoms with Gasteiger partial charge in [-0.3, -0.25) is 10.3 Å². The Bertz CT molecular complexity index is 1240. The zero-order valence-electron chi connectivity index (χ0n) is 16.6. The number of amidine groups is 1. The molecule has 148 valence electrons. The largest absolute Gasteiger partial charge is 0.494 e. The van der Waals surface area contributed by atoms with E-state index in [0.29, 0.717) is 30.5 Å². The standard InChI is InChI=1S/C24H21N5O/c1-30-20-13-7-11-18-22(20)27-24(28-23(18)26-15-16-8-3-2-4-9-16)29-19-12-6-5-10-17(19)14-21(29)25/h2-13,25H,14-15H2,1H3,(H,26,27,28). The first-order chi connectivity index (χ1) is 14.7. The fourth-order valence-electron chi connectivity index (χ4n) is 3.81. The minimum Gasteiger partial charge on any atom is -0.494 e. The maximum atomic E-state index is 8.54. The van der Waals surface area contributed by atoms with Crippen molar-refractivity contribution >= 4 is 34.2 Å². The maximum absolute atomic E-state index is 8.54. The average molecular weight is 395 g/mol. The molecule has 5 rings (SSSR count). The van der Waals surface area contributed by atoms with Gasteiger partial charge in [0.05, 0.1) is 12.8 Å². The molecule has 0 spiro atoms. The van der Waals surface area contributed by atoms with Crippen molar-refractivity contribution in [1.29, 1.82) is 5.41 Å². The molecule has 6 nitrogen and oxygen atoms in total. The second-order valence-corrected chi connectivity index (χ2v) is 7.16. The third-order valence-corrected chi connectivity index (χ3v) is 5.26. The number of aromatic nitrogens is 2. The van der Waals surface area contributed by atoms with Crippen molar-refractivity contribution in [1.82, 2.24) is 9.97 Å². The second kappa shape index (κ2) is 7.48. The summed E-state index contributed by atoms with van der Waals surface area (Å²) in [6.45, 7) is 0.637. The lowest BCUT2D eigenvalue weighted by molar-refractivity contribution is 0.419. The Morgan fingerprint density at radius 1 is 0.967 bits per heavy atom. The van der Waals surface area contributed by atoms with Gasteiger partial charge in [-0.05, 0) is 29.3 Å². The summed E-state index contributed by atoms with van der Waals surface area (Å²) < 4.78 is 5.57. The first-order valence-electron chi connectivity index (χ1n) is 9.82. The van der Waals surface area contributed by atoms with Crippen molar-refractivity contribution in [3.63, 3.8) is 0 Å². The van der Waals surface area contributed by atoms with E-state index >= 15 is 0 Å². The predicted molar refractivity (Wildman–Crippen MR) is 120 cm³/mol. The van der Waals surface area contributed by atoms with Crippen molar-refractivity contribution in [3.05, 3.63) is 83.9 Å². The fraction of sp³-hybridized carbons (Fsp3) is 0.125. The van der Waals surface area contributed by atoms with E-state index in [2.05, 4.69) is 17.4 Å². The molecule has 6 heteroatoms. The molecule has 1 aliphatic heterocycles. The van der Waals surface area contributed by atoms with E-state index in [1.54, 1.807) is 7.11 Å². The van der Waals surface area contributed by atoms with Crippen LogP contribution in [0.4, 0.5) is 17.5 Å². The average Bonchev–Trinajstić information content (AvgIpc) is 3.13. The van der Waals surface area contributed by atoms with Crippen LogP contribution in [-0.4, -0.2) is 22.9 Å². The Morgan fingerprint density at radius 3 is 2.60 bits per heavy atom. The number of benzene rings is 3. The molecule has 0 bridgehead atoms. The van der Waals surface area contributed by atoms with Crippen LogP contribution in [0.15, 0.2) is 72.8 Å². The molecular weight excluding hydrogens is 374 g/mol. The van der Waals surface area contributed by atoms with E-state index < -0.39 is 0 Å². The van der Waals surface area contributed by atoms with Gasteiger partial charge in [0.15, 0.2) is 0 Å². The first-order valence-corrected chi connectivity index (χ1v) is 9.82. The molecular formula is C24H21N5O. The highest BCUT2D eigenvalue weighted by Crippen LogP contribution is 2.37. The molecule has 0 saturated carbocycles. The summed E-state index contributed by atoms with van der Waals surface area (Å²) >= 11 is 0. The fourth-order valence-corrected chi connectivity index (χ4v) is 3.81. The van der Waals surface area contributed by atoms with Crippen LogP contribution in [0.25, 0.3) is 10.9 Å². The van der Waals surface area contributed by atoms with Gasteiger partial charge in [0.25, 0.3) is 0 Å². The molecule has 0 unspecified atom stereocenters. The zero-order chi connectivity index (χ0) is 20.5. The number of methoxy groups -OCH3 is 1. The molecule has 3 aromatic carbocycles. The molecule has 30 heavy (non-hydrogen) atoms. The summed E-state index contributed by atoms with van der Waals surface area (Å²) in [7, 11) is 1.64. The van der Waals surface area contributed by atoms with E-state index in [4.69, 9.17) is 20.1 Å². The summed E-state index contributed by atoms with van der Waals surface area (Å²) in [5.41, 5.74) is 3.93. The lowest BCUT2D eigenvalue weighted by atomic mass is 10.2. The van der Waals surface area contributed by atoms with E-state index in [1.807, 2.05) is 65.6 Å². The second-order valence-electron chi connectivity index (χ2n) is 7.16. The summed E-state index contributed by atoms with van der Waals surface area (Å²) in [6, 6.07) is 24.0. The number of hydrogen-bond acceptors (Lipinski definition) is 5. The molecule has 4 aromatic rings. The van der Waals surface area contributed by atoms with Gasteiger partial charge in [-0.15, -0.1) is 0 Å². The van der Waals surface area contributed by atoms with Gasteiger partial charge in [0.2, 0.25) is 5.95 Å². The van der Waals surface area contributed by atoms with Gasteiger partial charge in [-0.1, -0.05) is 54.6 Å². The number of rotatable bonds is 5. The number of ether oxygens (including phenoxy) is 1. The summed E-state index contributed by atoms with van der Waals surface area (Å²) in [5, 5.41) is 12.9. The Hall–Kier alpha value is -3.93. The van der Waals surface area contributed by atoms with E-state index in [0.717, 1.165) is 33.5 Å². The summed E-state index contributed by atoms with van der Waals surface area (Å²) in [5.74, 6) is 2.32. The van der Waals surface area contributed by atoms with Crippen LogP contribution in [0.3, 0.4) is 0 Å². The van der Waals surface area contributed by atoms with Crippen molar-refractivity contribution in [2.45, 2.75) is 13.0 Å². The minimum atomic E-state index is 0.458. The Kier molecular flexibility index (Phi) is 4.52. The van der Waals surface area contributed by atoms with Gasteiger partial charge in [-0.2, -0.15) is 4.98 Å². The van der Waals surface area contributed by atoms with Crippen LogP contribution >= 0.6 is 0 Å². The molecule has 2 N–H and O–H groups in total. The number of anilines is 3. The molecule has 0 fully saturated rings. The molecule has 0 amide bonds. The predicted octanol–water partition coefficient (Wildman–Crippen LogP) is 4.92. The smallest absolute Gasteiger partial charge is 0.238 e. The van der Waals surface area contributed by atoms with Crippen LogP contribution in [0, 0.1) is 5.41 Å². The monoisotopic (exact) mass is 395 g/mol. The normalized spacial score (nSPS) is 12.8. The molecule has 0 aliphatic carbocycles. The Labute approximate surface area is 174 Å². The highest BCUT2D eigenvalue weighted by Gasteiger charge is 2.28. The third-order valence-electron chi connectivity index (χ3n) is 5.26. The van der Waals surface area contributed by atoms with Crippen molar-refractivity contribution in [2.24, 2.45) is 0 Å². The van der Waals surface area contributed by atoms with E-state index in [-0.39, 0.29) is 0 Å². The zero-order valence-corrected chi connectivity index (χ0v) is 16.6. The van der Waals surface area contributed by atoms with Crippen molar-refractivity contribution in [3.8, 4) is 5.75 Å². The van der Waals surface area contributed by atoms with Crippen LogP contribution in [-0.2, 0) is 13.0 Å². The lowest BCUT2D eigenvalue weighted by Gasteiger charge is -2.20. The highest BCUT2D eigenvalue weighted by molar-refractivity contribution is 6.08. The van der Waals surface area contributed by atoms with E-state index in [1.165, 1.54) is 0 Å². The van der Waals surface area contributed by atoms with Gasteiger partial charge >= 0.3 is 0 Å². The van der Waals surface area contributed by atoms with Crippen LogP contribution < -0.4 is 15.0 Å². The number of hydrogen-bond donors (Lipinski definition) is 2. The summed E-state index contributed by atoms with van der Waals surface area (Å²) in [6.07, 6.45) is 0.566. The molecule has 1 aliphatic rings. The van der Waals surface area contributed by atoms with Gasteiger partial charge in [-0.25, -0.2) is 4.98 Å². The van der Waals surface area contributed by atoms with Crippen LogP contribution in [0.2, 0.25) is 0 Å². The van der Waals surface area contributed by atoms with Crippen LogP contribution in [0.5, 0.6) is 5.75 Å². The minimum absolute atomic E-state index is 0.458. The number of nitrogens with one attached hydrogen (secondary N) is 2. The SMILES string of the molecule is COc1cccc2c(NCc3ccccc3)nc(N3C(=N)Cc4ccccc43)nc12. The molecule has 0 saturated heterocycles. The Morgan fingerprint density at radius 2 is 1.77 bits per heavy atom. The number of fused-ring (bicyclic) bond motifs is 2. The number of nitrogens with zero attached hydrogens (tertiary/aromatic N) is 3. The van der Waals surface area contributed by atoms with Crippen molar-refractivity contribution < 1.29 is 4.74 Å². The van der Waals surface area contributed by atoms with Gasteiger partial charge in [0.1, 0.15) is 22.9 Å². The molecule has 1 aromatic heterocycles. The van der Waals surface area contributed by atoms with Crippen LogP contribution in [0.1, 0.15) is 11.1 Å². The molecule has 0 radical (unpaired) electrons.